The number of likely N-dealkylation sites (tertiary alicyclic amines) is 1. The van der Waals surface area contributed by atoms with Gasteiger partial charge in [-0.05, 0) is 25.8 Å². The van der Waals surface area contributed by atoms with E-state index in [0.29, 0.717) is 6.04 Å². The highest BCUT2D eigenvalue weighted by atomic mass is 16.2. The first-order chi connectivity index (χ1) is 6.79. The number of hydrogen-bond donors (Lipinski definition) is 1. The molecule has 2 aliphatic heterocycles. The highest BCUT2D eigenvalue weighted by Crippen LogP contribution is 2.13. The predicted molar refractivity (Wildman–Crippen MR) is 55.2 cm³/mol. The maximum absolute atomic E-state index is 12.0. The molecule has 1 N–H and O–H groups in total. The van der Waals surface area contributed by atoms with E-state index in [1.807, 2.05) is 16.8 Å². The van der Waals surface area contributed by atoms with Gasteiger partial charge in [0.2, 0.25) is 0 Å². The summed E-state index contributed by atoms with van der Waals surface area (Å²) >= 11 is 0. The Balaban J connectivity index is 1.89. The first-order valence-corrected chi connectivity index (χ1v) is 5.51. The molecular formula is C10H19N3O. The molecule has 2 aliphatic rings. The molecule has 1 atom stereocenters. The molecule has 0 radical (unpaired) electrons. The number of urea groups is 1. The Morgan fingerprint density at radius 3 is 2.71 bits per heavy atom. The van der Waals surface area contributed by atoms with E-state index in [2.05, 4.69) is 5.32 Å². The van der Waals surface area contributed by atoms with Gasteiger partial charge in [0.15, 0.2) is 0 Å². The Labute approximate surface area is 85.2 Å². The lowest BCUT2D eigenvalue weighted by atomic mass is 10.2. The molecular weight excluding hydrogens is 178 g/mol. The first kappa shape index (κ1) is 9.77. The number of hydrogen-bond acceptors (Lipinski definition) is 2. The molecule has 80 valence electrons. The highest BCUT2D eigenvalue weighted by molar-refractivity contribution is 5.74. The molecule has 0 saturated carbocycles. The second-order valence-electron chi connectivity index (χ2n) is 4.23. The van der Waals surface area contributed by atoms with Gasteiger partial charge in [-0.1, -0.05) is 0 Å². The molecule has 2 rings (SSSR count). The van der Waals surface area contributed by atoms with Crippen LogP contribution in [0.25, 0.3) is 0 Å². The van der Waals surface area contributed by atoms with Gasteiger partial charge >= 0.3 is 6.03 Å². The molecule has 0 aliphatic carbocycles. The molecule has 4 heteroatoms. The Kier molecular flexibility index (Phi) is 2.91. The summed E-state index contributed by atoms with van der Waals surface area (Å²) < 4.78 is 0. The maximum Gasteiger partial charge on any atom is 0.320 e. The van der Waals surface area contributed by atoms with Crippen molar-refractivity contribution in [2.24, 2.45) is 0 Å². The zero-order chi connectivity index (χ0) is 9.97. The summed E-state index contributed by atoms with van der Waals surface area (Å²) in [5.41, 5.74) is 0. The lowest BCUT2D eigenvalue weighted by molar-refractivity contribution is 0.159. The van der Waals surface area contributed by atoms with Crippen LogP contribution in [0.3, 0.4) is 0 Å². The van der Waals surface area contributed by atoms with Crippen LogP contribution in [-0.4, -0.2) is 55.1 Å². The molecule has 0 spiro atoms. The maximum atomic E-state index is 12.0. The normalized spacial score (nSPS) is 26.9. The van der Waals surface area contributed by atoms with Crippen molar-refractivity contribution >= 4 is 6.03 Å². The topological polar surface area (TPSA) is 35.6 Å². The summed E-state index contributed by atoms with van der Waals surface area (Å²) in [5.74, 6) is 0. The van der Waals surface area contributed by atoms with Gasteiger partial charge in [-0.2, -0.15) is 0 Å². The van der Waals surface area contributed by atoms with Gasteiger partial charge in [0.1, 0.15) is 0 Å². The van der Waals surface area contributed by atoms with Crippen LogP contribution in [0.15, 0.2) is 0 Å². The van der Waals surface area contributed by atoms with E-state index in [1.165, 1.54) is 12.8 Å². The van der Waals surface area contributed by atoms with Gasteiger partial charge in [0.25, 0.3) is 0 Å². The van der Waals surface area contributed by atoms with Gasteiger partial charge < -0.3 is 15.1 Å². The minimum atomic E-state index is 0.219. The summed E-state index contributed by atoms with van der Waals surface area (Å²) in [6.45, 7) is 3.89. The molecule has 14 heavy (non-hydrogen) atoms. The van der Waals surface area contributed by atoms with Crippen LogP contribution in [0.1, 0.15) is 19.3 Å². The monoisotopic (exact) mass is 197 g/mol. The van der Waals surface area contributed by atoms with E-state index in [9.17, 15) is 4.79 Å². The standard InChI is InChI=1S/C10H19N3O/c1-12(9-4-5-11-8-9)10(14)13-6-2-3-7-13/h9,11H,2-8H2,1H3. The van der Waals surface area contributed by atoms with Crippen molar-refractivity contribution in [2.75, 3.05) is 33.2 Å². The molecule has 0 aromatic carbocycles. The van der Waals surface area contributed by atoms with Crippen molar-refractivity contribution < 1.29 is 4.79 Å². The highest BCUT2D eigenvalue weighted by Gasteiger charge is 2.27. The molecule has 2 amide bonds. The first-order valence-electron chi connectivity index (χ1n) is 5.51. The van der Waals surface area contributed by atoms with Crippen LogP contribution in [0.4, 0.5) is 4.79 Å². The van der Waals surface area contributed by atoms with Gasteiger partial charge in [0, 0.05) is 32.7 Å². The SMILES string of the molecule is CN(C(=O)N1CCCC1)C1CCNC1. The zero-order valence-corrected chi connectivity index (χ0v) is 8.83. The summed E-state index contributed by atoms with van der Waals surface area (Å²) in [7, 11) is 1.93. The van der Waals surface area contributed by atoms with Crippen LogP contribution in [0.5, 0.6) is 0 Å². The van der Waals surface area contributed by atoms with Gasteiger partial charge in [-0.3, -0.25) is 0 Å². The average Bonchev–Trinajstić information content (AvgIpc) is 2.87. The molecule has 0 bridgehead atoms. The van der Waals surface area contributed by atoms with Gasteiger partial charge in [0.05, 0.1) is 0 Å². The number of nitrogens with zero attached hydrogens (tertiary/aromatic N) is 2. The Morgan fingerprint density at radius 1 is 1.43 bits per heavy atom. The lowest BCUT2D eigenvalue weighted by Crippen LogP contribution is -2.45. The molecule has 4 nitrogen and oxygen atoms in total. The number of likely N-dealkylation sites (N-methyl/N-ethyl adjacent to an activating group) is 1. The van der Waals surface area contributed by atoms with E-state index in [-0.39, 0.29) is 6.03 Å². The minimum Gasteiger partial charge on any atom is -0.325 e. The van der Waals surface area contributed by atoms with Crippen molar-refractivity contribution in [1.82, 2.24) is 15.1 Å². The van der Waals surface area contributed by atoms with Crippen LogP contribution < -0.4 is 5.32 Å². The quantitative estimate of drug-likeness (QED) is 0.664. The van der Waals surface area contributed by atoms with Crippen molar-refractivity contribution in [3.63, 3.8) is 0 Å². The second kappa shape index (κ2) is 4.17. The van der Waals surface area contributed by atoms with E-state index in [4.69, 9.17) is 0 Å². The average molecular weight is 197 g/mol. The Bertz CT molecular complexity index is 207. The third kappa shape index (κ3) is 1.85. The summed E-state index contributed by atoms with van der Waals surface area (Å²) in [5, 5.41) is 3.29. The van der Waals surface area contributed by atoms with Crippen molar-refractivity contribution in [1.29, 1.82) is 0 Å². The van der Waals surface area contributed by atoms with E-state index in [1.54, 1.807) is 0 Å². The molecule has 2 fully saturated rings. The molecule has 1 unspecified atom stereocenters. The predicted octanol–water partition coefficient (Wildman–Crippen LogP) is 0.496. The van der Waals surface area contributed by atoms with E-state index < -0.39 is 0 Å². The molecule has 2 heterocycles. The Hall–Kier alpha value is -0.770. The van der Waals surface area contributed by atoms with Crippen molar-refractivity contribution in [3.05, 3.63) is 0 Å². The summed E-state index contributed by atoms with van der Waals surface area (Å²) in [6.07, 6.45) is 3.43. The fourth-order valence-corrected chi connectivity index (χ4v) is 2.26. The molecule has 0 aromatic heterocycles. The van der Waals surface area contributed by atoms with Crippen LogP contribution in [-0.2, 0) is 0 Å². The Morgan fingerprint density at radius 2 is 2.14 bits per heavy atom. The lowest BCUT2D eigenvalue weighted by Gasteiger charge is -2.28. The summed E-state index contributed by atoms with van der Waals surface area (Å²) in [4.78, 5) is 15.8. The number of rotatable bonds is 1. The van der Waals surface area contributed by atoms with Crippen LogP contribution >= 0.6 is 0 Å². The van der Waals surface area contributed by atoms with E-state index >= 15 is 0 Å². The van der Waals surface area contributed by atoms with Crippen molar-refractivity contribution in [3.8, 4) is 0 Å². The van der Waals surface area contributed by atoms with Crippen LogP contribution in [0, 0.1) is 0 Å². The third-order valence-corrected chi connectivity index (χ3v) is 3.26. The van der Waals surface area contributed by atoms with Gasteiger partial charge in [-0.25, -0.2) is 4.79 Å². The van der Waals surface area contributed by atoms with Gasteiger partial charge in [-0.15, -0.1) is 0 Å². The zero-order valence-electron chi connectivity index (χ0n) is 8.83. The fraction of sp³-hybridized carbons (Fsp3) is 0.900. The fourth-order valence-electron chi connectivity index (χ4n) is 2.26. The molecule has 0 aromatic rings. The third-order valence-electron chi connectivity index (χ3n) is 3.26. The van der Waals surface area contributed by atoms with E-state index in [0.717, 1.165) is 32.6 Å². The number of nitrogens with one attached hydrogen (secondary N) is 1. The smallest absolute Gasteiger partial charge is 0.320 e. The number of carbonyl (C=O) groups excluding carboxylic acids is 1. The number of carbonyl (C=O) groups is 1. The largest absolute Gasteiger partial charge is 0.325 e. The van der Waals surface area contributed by atoms with Crippen molar-refractivity contribution in [2.45, 2.75) is 25.3 Å². The number of amides is 2. The molecule has 2 saturated heterocycles. The second-order valence-corrected chi connectivity index (χ2v) is 4.23. The summed E-state index contributed by atoms with van der Waals surface area (Å²) in [6, 6.07) is 0.624. The van der Waals surface area contributed by atoms with Crippen LogP contribution in [0.2, 0.25) is 0 Å². The minimum absolute atomic E-state index is 0.219.